The molecule has 1 N–H and O–H groups in total. The van der Waals surface area contributed by atoms with E-state index in [-0.39, 0.29) is 17.8 Å². The van der Waals surface area contributed by atoms with Gasteiger partial charge in [-0.05, 0) is 42.8 Å². The van der Waals surface area contributed by atoms with Gasteiger partial charge in [0.05, 0.1) is 18.6 Å². The number of methoxy groups -OCH3 is 1. The van der Waals surface area contributed by atoms with E-state index in [1.54, 1.807) is 24.3 Å². The minimum absolute atomic E-state index is 0.0102. The van der Waals surface area contributed by atoms with Crippen molar-refractivity contribution in [3.63, 3.8) is 0 Å². The van der Waals surface area contributed by atoms with Crippen LogP contribution >= 0.6 is 0 Å². The lowest BCUT2D eigenvalue weighted by molar-refractivity contribution is -0.119. The second kappa shape index (κ2) is 7.94. The topological polar surface area (TPSA) is 58.6 Å². The van der Waals surface area contributed by atoms with E-state index in [0.717, 1.165) is 26.1 Å². The minimum Gasteiger partial charge on any atom is -0.465 e. The molecule has 3 rings (SSSR count). The minimum atomic E-state index is -0.384. The van der Waals surface area contributed by atoms with Gasteiger partial charge in [-0.1, -0.05) is 30.3 Å². The van der Waals surface area contributed by atoms with Gasteiger partial charge in [0.2, 0.25) is 5.91 Å². The number of likely N-dealkylation sites (tertiary alicyclic amines) is 1. The molecule has 1 amide bonds. The predicted molar refractivity (Wildman–Crippen MR) is 96.2 cm³/mol. The summed E-state index contributed by atoms with van der Waals surface area (Å²) in [6, 6.07) is 17.0. The molecule has 1 aliphatic heterocycles. The molecule has 0 spiro atoms. The molecule has 0 aliphatic carbocycles. The highest BCUT2D eigenvalue weighted by molar-refractivity contribution is 5.94. The molecule has 1 saturated heterocycles. The number of amides is 1. The first-order chi connectivity index (χ1) is 12.2. The number of carbonyl (C=O) groups is 2. The lowest BCUT2D eigenvalue weighted by atomic mass is 10.1. The molecule has 1 heterocycles. The Labute approximate surface area is 147 Å². The fourth-order valence-corrected chi connectivity index (χ4v) is 3.08. The molecule has 0 aromatic heterocycles. The number of nitrogens with one attached hydrogen (secondary N) is 1. The SMILES string of the molecule is COC(=O)c1ccc(NC(=O)C2CCN(Cc3ccccc3)C2)cc1. The van der Waals surface area contributed by atoms with Crippen LogP contribution in [0.1, 0.15) is 22.3 Å². The number of hydrogen-bond donors (Lipinski definition) is 1. The Morgan fingerprint density at radius 2 is 1.84 bits per heavy atom. The summed E-state index contributed by atoms with van der Waals surface area (Å²) in [5.74, 6) is -0.365. The summed E-state index contributed by atoms with van der Waals surface area (Å²) < 4.78 is 4.67. The van der Waals surface area contributed by atoms with Gasteiger partial charge in [-0.15, -0.1) is 0 Å². The Morgan fingerprint density at radius 3 is 2.52 bits per heavy atom. The normalized spacial score (nSPS) is 17.2. The van der Waals surface area contributed by atoms with Crippen molar-refractivity contribution in [3.8, 4) is 0 Å². The second-order valence-electron chi connectivity index (χ2n) is 6.26. The molecular weight excluding hydrogens is 316 g/mol. The number of carbonyl (C=O) groups excluding carboxylic acids is 2. The van der Waals surface area contributed by atoms with E-state index >= 15 is 0 Å². The molecule has 1 fully saturated rings. The molecular formula is C20H22N2O3. The van der Waals surface area contributed by atoms with E-state index in [2.05, 4.69) is 27.1 Å². The molecule has 130 valence electrons. The monoisotopic (exact) mass is 338 g/mol. The Hall–Kier alpha value is -2.66. The van der Waals surface area contributed by atoms with Crippen molar-refractivity contribution in [3.05, 3.63) is 65.7 Å². The third-order valence-electron chi connectivity index (χ3n) is 4.47. The van der Waals surface area contributed by atoms with Crippen molar-refractivity contribution in [2.45, 2.75) is 13.0 Å². The van der Waals surface area contributed by atoms with Crippen LogP contribution in [0.4, 0.5) is 5.69 Å². The van der Waals surface area contributed by atoms with Gasteiger partial charge in [-0.25, -0.2) is 4.79 Å². The van der Waals surface area contributed by atoms with Crippen molar-refractivity contribution < 1.29 is 14.3 Å². The van der Waals surface area contributed by atoms with Crippen molar-refractivity contribution in [2.75, 3.05) is 25.5 Å². The summed E-state index contributed by atoms with van der Waals surface area (Å²) in [6.45, 7) is 2.56. The zero-order valence-electron chi connectivity index (χ0n) is 14.3. The molecule has 2 aromatic rings. The first kappa shape index (κ1) is 17.2. The van der Waals surface area contributed by atoms with E-state index in [1.165, 1.54) is 12.7 Å². The third kappa shape index (κ3) is 4.45. The van der Waals surface area contributed by atoms with Gasteiger partial charge in [0.25, 0.3) is 0 Å². The van der Waals surface area contributed by atoms with Crippen LogP contribution in [-0.2, 0) is 16.1 Å². The van der Waals surface area contributed by atoms with E-state index in [4.69, 9.17) is 0 Å². The summed E-state index contributed by atoms with van der Waals surface area (Å²) in [5, 5.41) is 2.93. The van der Waals surface area contributed by atoms with Crippen LogP contribution in [0.3, 0.4) is 0 Å². The Bertz CT molecular complexity index is 728. The molecule has 1 atom stereocenters. The van der Waals surface area contributed by atoms with Crippen LogP contribution < -0.4 is 5.32 Å². The van der Waals surface area contributed by atoms with Crippen LogP contribution in [0.5, 0.6) is 0 Å². The van der Waals surface area contributed by atoms with Crippen molar-refractivity contribution in [1.29, 1.82) is 0 Å². The van der Waals surface area contributed by atoms with Gasteiger partial charge in [-0.2, -0.15) is 0 Å². The molecule has 1 unspecified atom stereocenters. The van der Waals surface area contributed by atoms with E-state index in [0.29, 0.717) is 11.3 Å². The molecule has 0 radical (unpaired) electrons. The first-order valence-corrected chi connectivity index (χ1v) is 8.41. The molecule has 5 heteroatoms. The highest BCUT2D eigenvalue weighted by Crippen LogP contribution is 2.21. The maximum absolute atomic E-state index is 12.5. The largest absolute Gasteiger partial charge is 0.465 e. The molecule has 25 heavy (non-hydrogen) atoms. The Balaban J connectivity index is 1.53. The summed E-state index contributed by atoms with van der Waals surface area (Å²) in [6.07, 6.45) is 0.860. The summed E-state index contributed by atoms with van der Waals surface area (Å²) in [5.41, 5.74) is 2.43. The van der Waals surface area contributed by atoms with Crippen LogP contribution in [-0.4, -0.2) is 37.0 Å². The number of ether oxygens (including phenoxy) is 1. The number of rotatable bonds is 5. The quantitative estimate of drug-likeness (QED) is 0.852. The fraction of sp³-hybridized carbons (Fsp3) is 0.300. The highest BCUT2D eigenvalue weighted by Gasteiger charge is 2.28. The Kier molecular flexibility index (Phi) is 5.46. The zero-order chi connectivity index (χ0) is 17.6. The number of nitrogens with zero attached hydrogens (tertiary/aromatic N) is 1. The predicted octanol–water partition coefficient (Wildman–Crippen LogP) is 2.93. The average molecular weight is 338 g/mol. The van der Waals surface area contributed by atoms with Gasteiger partial charge < -0.3 is 10.1 Å². The fourth-order valence-electron chi connectivity index (χ4n) is 3.08. The van der Waals surface area contributed by atoms with E-state index in [9.17, 15) is 9.59 Å². The van der Waals surface area contributed by atoms with Crippen molar-refractivity contribution in [2.24, 2.45) is 5.92 Å². The standard InChI is InChI=1S/C20H22N2O3/c1-25-20(24)16-7-9-18(10-8-16)21-19(23)17-11-12-22(14-17)13-15-5-3-2-4-6-15/h2-10,17H,11-14H2,1H3,(H,21,23). The Morgan fingerprint density at radius 1 is 1.12 bits per heavy atom. The maximum atomic E-state index is 12.5. The lowest BCUT2D eigenvalue weighted by Gasteiger charge is -2.16. The summed E-state index contributed by atoms with van der Waals surface area (Å²) in [7, 11) is 1.35. The lowest BCUT2D eigenvalue weighted by Crippen LogP contribution is -2.26. The van der Waals surface area contributed by atoms with E-state index in [1.807, 2.05) is 18.2 Å². The zero-order valence-corrected chi connectivity index (χ0v) is 14.3. The second-order valence-corrected chi connectivity index (χ2v) is 6.26. The van der Waals surface area contributed by atoms with Gasteiger partial charge >= 0.3 is 5.97 Å². The summed E-state index contributed by atoms with van der Waals surface area (Å²) >= 11 is 0. The van der Waals surface area contributed by atoms with Gasteiger partial charge in [0.15, 0.2) is 0 Å². The molecule has 5 nitrogen and oxygen atoms in total. The maximum Gasteiger partial charge on any atom is 0.337 e. The first-order valence-electron chi connectivity index (χ1n) is 8.41. The highest BCUT2D eigenvalue weighted by atomic mass is 16.5. The van der Waals surface area contributed by atoms with Crippen LogP contribution in [0, 0.1) is 5.92 Å². The number of anilines is 1. The van der Waals surface area contributed by atoms with Crippen LogP contribution in [0.2, 0.25) is 0 Å². The molecule has 2 aromatic carbocycles. The smallest absolute Gasteiger partial charge is 0.337 e. The van der Waals surface area contributed by atoms with E-state index < -0.39 is 0 Å². The molecule has 0 bridgehead atoms. The van der Waals surface area contributed by atoms with Crippen molar-refractivity contribution in [1.82, 2.24) is 4.90 Å². The van der Waals surface area contributed by atoms with Gasteiger partial charge in [0, 0.05) is 18.8 Å². The van der Waals surface area contributed by atoms with Gasteiger partial charge in [0.1, 0.15) is 0 Å². The number of esters is 1. The van der Waals surface area contributed by atoms with Crippen LogP contribution in [0.15, 0.2) is 54.6 Å². The number of benzene rings is 2. The molecule has 0 saturated carbocycles. The van der Waals surface area contributed by atoms with Crippen LogP contribution in [0.25, 0.3) is 0 Å². The molecule has 1 aliphatic rings. The third-order valence-corrected chi connectivity index (χ3v) is 4.47. The van der Waals surface area contributed by atoms with Crippen molar-refractivity contribution >= 4 is 17.6 Å². The average Bonchev–Trinajstić information content (AvgIpc) is 3.11. The number of hydrogen-bond acceptors (Lipinski definition) is 4. The summed E-state index contributed by atoms with van der Waals surface area (Å²) in [4.78, 5) is 26.2. The van der Waals surface area contributed by atoms with Gasteiger partial charge in [-0.3, -0.25) is 9.69 Å².